The summed E-state index contributed by atoms with van der Waals surface area (Å²) in [6, 6.07) is 10.5. The molecule has 0 bridgehead atoms. The highest BCUT2D eigenvalue weighted by atomic mass is 15.1. The molecule has 0 saturated carbocycles. The third kappa shape index (κ3) is 2.87. The van der Waals surface area contributed by atoms with Crippen LogP contribution in [-0.4, -0.2) is 12.0 Å². The van der Waals surface area contributed by atoms with Crippen molar-refractivity contribution in [3.63, 3.8) is 0 Å². The number of aryl methyl sites for hydroxylation is 1. The zero-order valence-electron chi connectivity index (χ0n) is 10.9. The molecule has 2 aromatic rings. The molecule has 0 aliphatic heterocycles. The van der Waals surface area contributed by atoms with Gasteiger partial charge in [0.1, 0.15) is 0 Å². The van der Waals surface area contributed by atoms with Crippen LogP contribution in [0.2, 0.25) is 0 Å². The second-order valence-corrected chi connectivity index (χ2v) is 4.55. The average molecular weight is 241 g/mol. The van der Waals surface area contributed by atoms with Gasteiger partial charge in [0.25, 0.3) is 0 Å². The Morgan fingerprint density at radius 3 is 2.56 bits per heavy atom. The second kappa shape index (κ2) is 5.65. The summed E-state index contributed by atoms with van der Waals surface area (Å²) in [5, 5.41) is 0. The Morgan fingerprint density at radius 1 is 1.17 bits per heavy atom. The van der Waals surface area contributed by atoms with Crippen LogP contribution < -0.4 is 10.6 Å². The third-order valence-electron chi connectivity index (χ3n) is 3.04. The highest BCUT2D eigenvalue weighted by molar-refractivity contribution is 5.55. The molecule has 2 rings (SSSR count). The van der Waals surface area contributed by atoms with Gasteiger partial charge >= 0.3 is 0 Å². The van der Waals surface area contributed by atoms with Crippen LogP contribution in [0.5, 0.6) is 0 Å². The number of nitrogens with two attached hydrogens (primary N) is 1. The molecule has 0 atom stereocenters. The van der Waals surface area contributed by atoms with Gasteiger partial charge in [0.05, 0.1) is 0 Å². The topological polar surface area (TPSA) is 42.1 Å². The van der Waals surface area contributed by atoms with Gasteiger partial charge in [-0.05, 0) is 41.8 Å². The van der Waals surface area contributed by atoms with E-state index in [1.54, 1.807) is 0 Å². The second-order valence-electron chi connectivity index (χ2n) is 4.55. The molecule has 0 fully saturated rings. The van der Waals surface area contributed by atoms with E-state index in [2.05, 4.69) is 42.1 Å². The van der Waals surface area contributed by atoms with Gasteiger partial charge in [0.15, 0.2) is 0 Å². The molecule has 3 nitrogen and oxygen atoms in total. The summed E-state index contributed by atoms with van der Waals surface area (Å²) in [7, 11) is 2.09. The first-order valence-corrected chi connectivity index (χ1v) is 6.10. The van der Waals surface area contributed by atoms with Crippen LogP contribution >= 0.6 is 0 Å². The monoisotopic (exact) mass is 241 g/mol. The molecular weight excluding hydrogens is 222 g/mol. The van der Waals surface area contributed by atoms with Crippen LogP contribution in [0.3, 0.4) is 0 Å². The van der Waals surface area contributed by atoms with E-state index in [0.29, 0.717) is 6.54 Å². The summed E-state index contributed by atoms with van der Waals surface area (Å²) in [5.41, 5.74) is 10.7. The Bertz CT molecular complexity index is 508. The molecule has 1 aromatic carbocycles. The molecule has 0 saturated heterocycles. The fourth-order valence-corrected chi connectivity index (χ4v) is 2.05. The van der Waals surface area contributed by atoms with Crippen LogP contribution in [0.4, 0.5) is 5.69 Å². The lowest BCUT2D eigenvalue weighted by Gasteiger charge is -2.22. The summed E-state index contributed by atoms with van der Waals surface area (Å²) in [4.78, 5) is 6.26. The average Bonchev–Trinajstić information content (AvgIpc) is 2.40. The van der Waals surface area contributed by atoms with E-state index >= 15 is 0 Å². The van der Waals surface area contributed by atoms with E-state index in [4.69, 9.17) is 5.73 Å². The van der Waals surface area contributed by atoms with Crippen molar-refractivity contribution in [2.24, 2.45) is 5.73 Å². The largest absolute Gasteiger partial charge is 0.370 e. The van der Waals surface area contributed by atoms with Gasteiger partial charge < -0.3 is 10.6 Å². The first-order valence-electron chi connectivity index (χ1n) is 6.10. The molecule has 1 heterocycles. The summed E-state index contributed by atoms with van der Waals surface area (Å²) in [5.74, 6) is 0. The van der Waals surface area contributed by atoms with Gasteiger partial charge in [-0.1, -0.05) is 12.1 Å². The van der Waals surface area contributed by atoms with Crippen molar-refractivity contribution < 1.29 is 0 Å². The molecule has 0 spiro atoms. The van der Waals surface area contributed by atoms with Gasteiger partial charge in [0, 0.05) is 38.2 Å². The number of benzene rings is 1. The lowest BCUT2D eigenvalue weighted by molar-refractivity contribution is 0.900. The van der Waals surface area contributed by atoms with E-state index in [9.17, 15) is 0 Å². The van der Waals surface area contributed by atoms with E-state index in [1.807, 2.05) is 24.5 Å². The number of hydrogen-bond acceptors (Lipinski definition) is 3. The first kappa shape index (κ1) is 12.6. The summed E-state index contributed by atoms with van der Waals surface area (Å²) in [6.45, 7) is 3.53. The zero-order chi connectivity index (χ0) is 13.0. The fourth-order valence-electron chi connectivity index (χ4n) is 2.05. The minimum absolute atomic E-state index is 0.566. The number of rotatable bonds is 4. The van der Waals surface area contributed by atoms with Crippen molar-refractivity contribution in [1.29, 1.82) is 0 Å². The van der Waals surface area contributed by atoms with Crippen LogP contribution in [0.25, 0.3) is 0 Å². The third-order valence-corrected chi connectivity index (χ3v) is 3.04. The van der Waals surface area contributed by atoms with Crippen molar-refractivity contribution in [1.82, 2.24) is 4.98 Å². The Morgan fingerprint density at radius 2 is 1.89 bits per heavy atom. The highest BCUT2D eigenvalue weighted by Crippen LogP contribution is 2.22. The number of nitrogens with zero attached hydrogens (tertiary/aromatic N) is 2. The molecule has 2 N–H and O–H groups in total. The smallest absolute Gasteiger partial charge is 0.0427 e. The maximum absolute atomic E-state index is 5.80. The van der Waals surface area contributed by atoms with Gasteiger partial charge in [0.2, 0.25) is 0 Å². The van der Waals surface area contributed by atoms with Gasteiger partial charge in [-0.15, -0.1) is 0 Å². The molecule has 1 aromatic heterocycles. The number of anilines is 1. The van der Waals surface area contributed by atoms with Gasteiger partial charge in [-0.2, -0.15) is 0 Å². The van der Waals surface area contributed by atoms with Crippen molar-refractivity contribution >= 4 is 5.69 Å². The van der Waals surface area contributed by atoms with Crippen LogP contribution in [-0.2, 0) is 13.1 Å². The summed E-state index contributed by atoms with van der Waals surface area (Å²) in [6.07, 6.45) is 3.65. The molecule has 94 valence electrons. The fraction of sp³-hybridized carbons (Fsp3) is 0.267. The van der Waals surface area contributed by atoms with Crippen molar-refractivity contribution in [3.05, 3.63) is 59.4 Å². The van der Waals surface area contributed by atoms with E-state index in [-0.39, 0.29) is 0 Å². The van der Waals surface area contributed by atoms with Crippen molar-refractivity contribution in [2.45, 2.75) is 20.0 Å². The minimum atomic E-state index is 0.566. The maximum atomic E-state index is 5.80. The van der Waals surface area contributed by atoms with Crippen LogP contribution in [0, 0.1) is 6.92 Å². The summed E-state index contributed by atoms with van der Waals surface area (Å²) >= 11 is 0. The standard InChI is InChI=1S/C15H19N3/c1-12-3-4-14(10-16)15(9-12)18(2)11-13-5-7-17-8-6-13/h3-9H,10-11,16H2,1-2H3. The summed E-state index contributed by atoms with van der Waals surface area (Å²) < 4.78 is 0. The highest BCUT2D eigenvalue weighted by Gasteiger charge is 2.07. The number of hydrogen-bond donors (Lipinski definition) is 1. The van der Waals surface area contributed by atoms with Gasteiger partial charge in [-0.25, -0.2) is 0 Å². The maximum Gasteiger partial charge on any atom is 0.0427 e. The Labute approximate surface area is 108 Å². The van der Waals surface area contributed by atoms with Gasteiger partial charge in [-0.3, -0.25) is 4.98 Å². The van der Waals surface area contributed by atoms with Crippen molar-refractivity contribution in [3.8, 4) is 0 Å². The lowest BCUT2D eigenvalue weighted by atomic mass is 10.1. The normalized spacial score (nSPS) is 10.4. The molecule has 0 amide bonds. The molecule has 18 heavy (non-hydrogen) atoms. The van der Waals surface area contributed by atoms with Crippen LogP contribution in [0.1, 0.15) is 16.7 Å². The molecule has 0 aliphatic rings. The predicted molar refractivity (Wildman–Crippen MR) is 75.4 cm³/mol. The van der Waals surface area contributed by atoms with Crippen molar-refractivity contribution in [2.75, 3.05) is 11.9 Å². The predicted octanol–water partition coefficient (Wildman–Crippen LogP) is 2.49. The zero-order valence-corrected chi connectivity index (χ0v) is 10.9. The SMILES string of the molecule is Cc1ccc(CN)c(N(C)Cc2ccncc2)c1. The van der Waals surface area contributed by atoms with E-state index in [0.717, 1.165) is 6.54 Å². The molecule has 0 aliphatic carbocycles. The van der Waals surface area contributed by atoms with E-state index < -0.39 is 0 Å². The van der Waals surface area contributed by atoms with E-state index in [1.165, 1.54) is 22.4 Å². The number of pyridine rings is 1. The Kier molecular flexibility index (Phi) is 3.95. The molecular formula is C15H19N3. The quantitative estimate of drug-likeness (QED) is 0.894. The molecule has 0 radical (unpaired) electrons. The minimum Gasteiger partial charge on any atom is -0.370 e. The van der Waals surface area contributed by atoms with Crippen LogP contribution in [0.15, 0.2) is 42.7 Å². The number of aromatic nitrogens is 1. The Balaban J connectivity index is 2.23. The first-order chi connectivity index (χ1) is 8.70. The lowest BCUT2D eigenvalue weighted by Crippen LogP contribution is -2.19. The molecule has 0 unspecified atom stereocenters. The Hall–Kier alpha value is -1.87. The molecule has 3 heteroatoms.